The molecule has 3 rings (SSSR count). The fourth-order valence-electron chi connectivity index (χ4n) is 4.44. The Labute approximate surface area is 140 Å². The molecule has 1 aromatic rings. The van der Waals surface area contributed by atoms with E-state index >= 15 is 0 Å². The van der Waals surface area contributed by atoms with Crippen molar-refractivity contribution in [3.8, 4) is 0 Å². The third kappa shape index (κ3) is 3.96. The van der Waals surface area contributed by atoms with E-state index in [4.69, 9.17) is 4.74 Å². The van der Waals surface area contributed by atoms with Gasteiger partial charge in [0, 0.05) is 7.11 Å². The van der Waals surface area contributed by atoms with E-state index < -0.39 is 6.29 Å². The van der Waals surface area contributed by atoms with Crippen LogP contribution < -0.4 is 0 Å². The molecule has 0 saturated carbocycles. The molecule has 1 heterocycles. The molecule has 2 aliphatic rings. The van der Waals surface area contributed by atoms with E-state index in [0.717, 1.165) is 12.8 Å². The average molecular weight is 317 g/mol. The molecule has 1 aliphatic carbocycles. The Morgan fingerprint density at radius 1 is 1.13 bits per heavy atom. The monoisotopic (exact) mass is 317 g/mol. The summed E-state index contributed by atoms with van der Waals surface area (Å²) in [6.07, 6.45) is 8.94. The van der Waals surface area contributed by atoms with E-state index in [0.29, 0.717) is 5.41 Å². The Hall–Kier alpha value is -0.900. The Bertz CT molecular complexity index is 494. The van der Waals surface area contributed by atoms with Crippen LogP contribution in [0.15, 0.2) is 24.3 Å². The Morgan fingerprint density at radius 2 is 1.91 bits per heavy atom. The quantitative estimate of drug-likeness (QED) is 0.617. The van der Waals surface area contributed by atoms with E-state index in [1.807, 2.05) is 0 Å². The van der Waals surface area contributed by atoms with Crippen molar-refractivity contribution in [3.05, 3.63) is 35.4 Å². The number of piperidine rings is 1. The van der Waals surface area contributed by atoms with Crippen molar-refractivity contribution >= 4 is 0 Å². The van der Waals surface area contributed by atoms with Crippen LogP contribution in [0.2, 0.25) is 0 Å². The number of fused-ring (bicyclic) bond motifs is 2. The van der Waals surface area contributed by atoms with E-state index in [9.17, 15) is 5.11 Å². The minimum absolute atomic E-state index is 0.482. The van der Waals surface area contributed by atoms with Crippen LogP contribution in [0.25, 0.3) is 0 Å². The third-order valence-corrected chi connectivity index (χ3v) is 5.97. The van der Waals surface area contributed by atoms with Gasteiger partial charge in [0.1, 0.15) is 0 Å². The van der Waals surface area contributed by atoms with Crippen LogP contribution in [0.3, 0.4) is 0 Å². The summed E-state index contributed by atoms with van der Waals surface area (Å²) in [6, 6.07) is 9.10. The van der Waals surface area contributed by atoms with Crippen molar-refractivity contribution in [2.45, 2.75) is 63.1 Å². The maximum atomic E-state index is 9.37. The lowest BCUT2D eigenvalue weighted by molar-refractivity contribution is -0.0793. The highest BCUT2D eigenvalue weighted by Crippen LogP contribution is 2.46. The van der Waals surface area contributed by atoms with Gasteiger partial charge in [0.2, 0.25) is 0 Å². The van der Waals surface area contributed by atoms with Gasteiger partial charge in [-0.3, -0.25) is 0 Å². The number of aliphatic hydroxyl groups is 1. The first kappa shape index (κ1) is 16.9. The predicted octanol–water partition coefficient (Wildman–Crippen LogP) is 3.49. The summed E-state index contributed by atoms with van der Waals surface area (Å²) in [5, 5.41) is 9.37. The summed E-state index contributed by atoms with van der Waals surface area (Å²) in [6.45, 7) is 3.70. The number of nitrogens with zero attached hydrogens (tertiary/aromatic N) is 1. The second kappa shape index (κ2) is 7.78. The van der Waals surface area contributed by atoms with Gasteiger partial charge in [-0.1, -0.05) is 30.7 Å². The number of hydrogen-bond donors (Lipinski definition) is 1. The Balaban J connectivity index is 1.40. The summed E-state index contributed by atoms with van der Waals surface area (Å²) in [7, 11) is 1.56. The maximum Gasteiger partial charge on any atom is 0.154 e. The van der Waals surface area contributed by atoms with Gasteiger partial charge in [-0.05, 0) is 81.1 Å². The van der Waals surface area contributed by atoms with Crippen molar-refractivity contribution in [3.63, 3.8) is 0 Å². The van der Waals surface area contributed by atoms with Crippen molar-refractivity contribution in [2.24, 2.45) is 0 Å². The first-order valence-corrected chi connectivity index (χ1v) is 9.25. The van der Waals surface area contributed by atoms with Crippen LogP contribution in [-0.4, -0.2) is 43.0 Å². The van der Waals surface area contributed by atoms with Crippen molar-refractivity contribution in [2.75, 3.05) is 26.7 Å². The van der Waals surface area contributed by atoms with Crippen molar-refractivity contribution in [1.29, 1.82) is 0 Å². The zero-order valence-corrected chi connectivity index (χ0v) is 14.5. The van der Waals surface area contributed by atoms with Crippen molar-refractivity contribution in [1.82, 2.24) is 4.90 Å². The molecule has 3 nitrogen and oxygen atoms in total. The lowest BCUT2D eigenvalue weighted by atomic mass is 9.74. The minimum atomic E-state index is -0.577. The fourth-order valence-corrected chi connectivity index (χ4v) is 4.44. The minimum Gasteiger partial charge on any atom is -0.368 e. The van der Waals surface area contributed by atoms with Crippen LogP contribution in [-0.2, 0) is 16.6 Å². The SMILES string of the molecule is COC(O)CCCCCN1CCC2(CCc3ccccc32)CC1. The number of ether oxygens (including phenoxy) is 1. The van der Waals surface area contributed by atoms with Crippen LogP contribution in [0, 0.1) is 0 Å². The normalized spacial score (nSPS) is 21.5. The molecule has 1 atom stereocenters. The van der Waals surface area contributed by atoms with Gasteiger partial charge in [-0.2, -0.15) is 0 Å². The van der Waals surface area contributed by atoms with Crippen LogP contribution in [0.5, 0.6) is 0 Å². The summed E-state index contributed by atoms with van der Waals surface area (Å²) in [5.74, 6) is 0. The van der Waals surface area contributed by atoms with E-state index in [1.165, 1.54) is 58.2 Å². The molecule has 1 aromatic carbocycles. The van der Waals surface area contributed by atoms with Crippen LogP contribution in [0.4, 0.5) is 0 Å². The van der Waals surface area contributed by atoms with Gasteiger partial charge in [0.05, 0.1) is 0 Å². The zero-order valence-electron chi connectivity index (χ0n) is 14.5. The zero-order chi connectivity index (χ0) is 16.1. The van der Waals surface area contributed by atoms with Gasteiger partial charge in [0.25, 0.3) is 0 Å². The van der Waals surface area contributed by atoms with Crippen LogP contribution in [0.1, 0.15) is 56.1 Å². The smallest absolute Gasteiger partial charge is 0.154 e. The number of unbranched alkanes of at least 4 members (excludes halogenated alkanes) is 2. The number of hydrogen-bond acceptors (Lipinski definition) is 3. The molecule has 1 aliphatic heterocycles. The third-order valence-electron chi connectivity index (χ3n) is 5.97. The molecule has 1 saturated heterocycles. The van der Waals surface area contributed by atoms with Gasteiger partial charge in [0.15, 0.2) is 6.29 Å². The number of rotatable bonds is 7. The molecule has 0 bridgehead atoms. The number of aliphatic hydroxyl groups excluding tert-OH is 1. The molecular weight excluding hydrogens is 286 g/mol. The van der Waals surface area contributed by atoms with Gasteiger partial charge >= 0.3 is 0 Å². The van der Waals surface area contributed by atoms with Gasteiger partial charge in [-0.25, -0.2) is 0 Å². The predicted molar refractivity (Wildman–Crippen MR) is 93.6 cm³/mol. The topological polar surface area (TPSA) is 32.7 Å². The van der Waals surface area contributed by atoms with Crippen molar-refractivity contribution < 1.29 is 9.84 Å². The second-order valence-electron chi connectivity index (χ2n) is 7.32. The molecule has 23 heavy (non-hydrogen) atoms. The first-order valence-electron chi connectivity index (χ1n) is 9.25. The standard InChI is InChI=1S/C20H31NO2/c1-23-19(22)9-3-2-6-14-21-15-12-20(13-16-21)11-10-17-7-4-5-8-18(17)20/h4-5,7-8,19,22H,2-3,6,9-16H2,1H3. The molecule has 1 fully saturated rings. The largest absolute Gasteiger partial charge is 0.368 e. The molecular formula is C20H31NO2. The Kier molecular flexibility index (Phi) is 5.73. The summed E-state index contributed by atoms with van der Waals surface area (Å²) < 4.78 is 4.87. The van der Waals surface area contributed by atoms with Gasteiger partial charge in [-0.15, -0.1) is 0 Å². The average Bonchev–Trinajstić information content (AvgIpc) is 2.95. The van der Waals surface area contributed by atoms with Gasteiger partial charge < -0.3 is 14.7 Å². The molecule has 1 unspecified atom stereocenters. The van der Waals surface area contributed by atoms with E-state index in [2.05, 4.69) is 29.2 Å². The molecule has 1 spiro atoms. The number of benzene rings is 1. The molecule has 0 radical (unpaired) electrons. The molecule has 3 heteroatoms. The highest BCUT2D eigenvalue weighted by atomic mass is 16.6. The summed E-state index contributed by atoms with van der Waals surface area (Å²) >= 11 is 0. The molecule has 1 N–H and O–H groups in total. The number of methoxy groups -OCH3 is 1. The highest BCUT2D eigenvalue weighted by molar-refractivity contribution is 5.39. The summed E-state index contributed by atoms with van der Waals surface area (Å²) in [4.78, 5) is 2.64. The lowest BCUT2D eigenvalue weighted by Crippen LogP contribution is -2.41. The van der Waals surface area contributed by atoms with E-state index in [1.54, 1.807) is 18.2 Å². The number of likely N-dealkylation sites (tertiary alicyclic amines) is 1. The maximum absolute atomic E-state index is 9.37. The van der Waals surface area contributed by atoms with E-state index in [-0.39, 0.29) is 0 Å². The first-order chi connectivity index (χ1) is 11.2. The molecule has 0 amide bonds. The highest BCUT2D eigenvalue weighted by Gasteiger charge is 2.40. The summed E-state index contributed by atoms with van der Waals surface area (Å²) in [5.41, 5.74) is 3.72. The Morgan fingerprint density at radius 3 is 2.70 bits per heavy atom. The number of aryl methyl sites for hydroxylation is 1. The molecule has 128 valence electrons. The molecule has 0 aromatic heterocycles. The lowest BCUT2D eigenvalue weighted by Gasteiger charge is -2.40. The van der Waals surface area contributed by atoms with Crippen LogP contribution >= 0.6 is 0 Å². The second-order valence-corrected chi connectivity index (χ2v) is 7.32. The fraction of sp³-hybridized carbons (Fsp3) is 0.700.